The van der Waals surface area contributed by atoms with E-state index in [1.54, 1.807) is 0 Å². The highest BCUT2D eigenvalue weighted by Crippen LogP contribution is 2.46. The second-order valence-electron chi connectivity index (χ2n) is 3.73. The molecule has 0 N–H and O–H groups in total. The lowest BCUT2D eigenvalue weighted by molar-refractivity contribution is 0.913. The zero-order valence-corrected chi connectivity index (χ0v) is 7.17. The summed E-state index contributed by atoms with van der Waals surface area (Å²) in [5.41, 5.74) is 2.93. The topological polar surface area (TPSA) is 0 Å². The zero-order chi connectivity index (χ0) is 7.84. The Hall–Kier alpha value is -0.780. The molecule has 58 valence electrons. The van der Waals surface area contributed by atoms with E-state index in [0.29, 0.717) is 0 Å². The van der Waals surface area contributed by atoms with Gasteiger partial charge in [0.05, 0.1) is 0 Å². The number of rotatable bonds is 1. The lowest BCUT2D eigenvalue weighted by Gasteiger charge is -1.98. The third-order valence-corrected chi connectivity index (χ3v) is 2.58. The SMILES string of the molecule is Cc1cccc([C@H]2C[C@@H]2C)c1. The predicted octanol–water partition coefficient (Wildman–Crippen LogP) is 3.12. The van der Waals surface area contributed by atoms with Crippen molar-refractivity contribution >= 4 is 0 Å². The van der Waals surface area contributed by atoms with E-state index in [0.717, 1.165) is 11.8 Å². The molecule has 1 aromatic rings. The van der Waals surface area contributed by atoms with Crippen molar-refractivity contribution in [2.45, 2.75) is 26.2 Å². The fourth-order valence-electron chi connectivity index (χ4n) is 1.69. The van der Waals surface area contributed by atoms with Crippen molar-refractivity contribution in [3.63, 3.8) is 0 Å². The van der Waals surface area contributed by atoms with Crippen molar-refractivity contribution in [3.8, 4) is 0 Å². The van der Waals surface area contributed by atoms with Crippen LogP contribution in [0.4, 0.5) is 0 Å². The van der Waals surface area contributed by atoms with Crippen LogP contribution in [0.25, 0.3) is 0 Å². The van der Waals surface area contributed by atoms with Crippen LogP contribution in [0.3, 0.4) is 0 Å². The Morgan fingerprint density at radius 1 is 1.36 bits per heavy atom. The van der Waals surface area contributed by atoms with Gasteiger partial charge in [-0.05, 0) is 30.7 Å². The van der Waals surface area contributed by atoms with Crippen LogP contribution in [0.15, 0.2) is 24.3 Å². The summed E-state index contributed by atoms with van der Waals surface area (Å²) in [6.07, 6.45) is 1.39. The Balaban J connectivity index is 2.25. The van der Waals surface area contributed by atoms with Crippen LogP contribution < -0.4 is 0 Å². The Bertz CT molecular complexity index is 262. The molecular weight excluding hydrogens is 132 g/mol. The zero-order valence-electron chi connectivity index (χ0n) is 7.17. The van der Waals surface area contributed by atoms with Crippen molar-refractivity contribution in [1.82, 2.24) is 0 Å². The van der Waals surface area contributed by atoms with Crippen molar-refractivity contribution in [2.24, 2.45) is 5.92 Å². The maximum atomic E-state index is 2.33. The summed E-state index contributed by atoms with van der Waals surface area (Å²) >= 11 is 0. The Kier molecular flexibility index (Phi) is 1.49. The standard InChI is InChI=1S/C11H14/c1-8-4-3-5-10(6-8)11-7-9(11)2/h3-6,9,11H,7H2,1-2H3/t9-,11-/m0/s1. The van der Waals surface area contributed by atoms with Crippen LogP contribution in [-0.4, -0.2) is 0 Å². The number of hydrogen-bond acceptors (Lipinski definition) is 0. The summed E-state index contributed by atoms with van der Waals surface area (Å²) in [6, 6.07) is 8.89. The molecule has 1 aliphatic carbocycles. The van der Waals surface area contributed by atoms with Gasteiger partial charge in [0, 0.05) is 0 Å². The highest BCUT2D eigenvalue weighted by atomic mass is 14.4. The third-order valence-electron chi connectivity index (χ3n) is 2.58. The van der Waals surface area contributed by atoms with Crippen LogP contribution in [0.5, 0.6) is 0 Å². The first-order valence-electron chi connectivity index (χ1n) is 4.34. The first-order chi connectivity index (χ1) is 5.27. The second kappa shape index (κ2) is 2.37. The van der Waals surface area contributed by atoms with E-state index in [2.05, 4.69) is 38.1 Å². The normalized spacial score (nSPS) is 28.5. The van der Waals surface area contributed by atoms with Crippen molar-refractivity contribution in [1.29, 1.82) is 0 Å². The van der Waals surface area contributed by atoms with E-state index in [1.807, 2.05) is 0 Å². The van der Waals surface area contributed by atoms with Crippen LogP contribution >= 0.6 is 0 Å². The molecule has 0 saturated heterocycles. The summed E-state index contributed by atoms with van der Waals surface area (Å²) in [5.74, 6) is 1.80. The molecule has 0 spiro atoms. The molecule has 1 fully saturated rings. The Labute approximate surface area is 68.3 Å². The molecule has 1 aromatic carbocycles. The minimum atomic E-state index is 0.870. The molecule has 0 radical (unpaired) electrons. The van der Waals surface area contributed by atoms with Crippen molar-refractivity contribution in [2.75, 3.05) is 0 Å². The van der Waals surface area contributed by atoms with Gasteiger partial charge in [-0.2, -0.15) is 0 Å². The summed E-state index contributed by atoms with van der Waals surface area (Å²) in [4.78, 5) is 0. The minimum absolute atomic E-state index is 0.870. The van der Waals surface area contributed by atoms with Crippen molar-refractivity contribution < 1.29 is 0 Å². The molecule has 0 bridgehead atoms. The third kappa shape index (κ3) is 1.30. The molecule has 0 nitrogen and oxygen atoms in total. The average molecular weight is 146 g/mol. The number of aryl methyl sites for hydroxylation is 1. The molecule has 0 heterocycles. The minimum Gasteiger partial charge on any atom is -0.0619 e. The molecule has 1 aliphatic rings. The molecule has 1 saturated carbocycles. The Morgan fingerprint density at radius 3 is 2.64 bits per heavy atom. The fraction of sp³-hybridized carbons (Fsp3) is 0.455. The fourth-order valence-corrected chi connectivity index (χ4v) is 1.69. The highest BCUT2D eigenvalue weighted by molar-refractivity contribution is 5.29. The molecule has 11 heavy (non-hydrogen) atoms. The van der Waals surface area contributed by atoms with Gasteiger partial charge in [0.1, 0.15) is 0 Å². The maximum Gasteiger partial charge on any atom is -0.0133 e. The van der Waals surface area contributed by atoms with Crippen molar-refractivity contribution in [3.05, 3.63) is 35.4 Å². The van der Waals surface area contributed by atoms with Crippen LogP contribution in [-0.2, 0) is 0 Å². The van der Waals surface area contributed by atoms with Gasteiger partial charge in [-0.25, -0.2) is 0 Å². The summed E-state index contributed by atoms with van der Waals surface area (Å²) in [7, 11) is 0. The first-order valence-corrected chi connectivity index (χ1v) is 4.34. The highest BCUT2D eigenvalue weighted by Gasteiger charge is 2.33. The molecule has 0 aromatic heterocycles. The first kappa shape index (κ1) is 6.90. The summed E-state index contributed by atoms with van der Waals surface area (Å²) in [5, 5.41) is 0. The van der Waals surface area contributed by atoms with Gasteiger partial charge in [0.25, 0.3) is 0 Å². The average Bonchev–Trinajstić information content (AvgIpc) is 2.67. The monoisotopic (exact) mass is 146 g/mol. The van der Waals surface area contributed by atoms with E-state index in [9.17, 15) is 0 Å². The Morgan fingerprint density at radius 2 is 2.09 bits per heavy atom. The molecule has 0 amide bonds. The summed E-state index contributed by atoms with van der Waals surface area (Å²) < 4.78 is 0. The number of hydrogen-bond donors (Lipinski definition) is 0. The van der Waals surface area contributed by atoms with E-state index in [4.69, 9.17) is 0 Å². The number of benzene rings is 1. The quantitative estimate of drug-likeness (QED) is 0.571. The van der Waals surface area contributed by atoms with Gasteiger partial charge in [0.15, 0.2) is 0 Å². The largest absolute Gasteiger partial charge is 0.0619 e. The van der Waals surface area contributed by atoms with Gasteiger partial charge in [0.2, 0.25) is 0 Å². The van der Waals surface area contributed by atoms with E-state index < -0.39 is 0 Å². The van der Waals surface area contributed by atoms with Crippen LogP contribution in [0.2, 0.25) is 0 Å². The van der Waals surface area contributed by atoms with Crippen LogP contribution in [0.1, 0.15) is 30.4 Å². The smallest absolute Gasteiger partial charge is 0.0133 e. The lowest BCUT2D eigenvalue weighted by atomic mass is 10.1. The van der Waals surface area contributed by atoms with Crippen LogP contribution in [0, 0.1) is 12.8 Å². The van der Waals surface area contributed by atoms with Gasteiger partial charge in [-0.1, -0.05) is 36.8 Å². The van der Waals surface area contributed by atoms with E-state index in [-0.39, 0.29) is 0 Å². The molecular formula is C11H14. The predicted molar refractivity (Wildman–Crippen MR) is 47.7 cm³/mol. The van der Waals surface area contributed by atoms with E-state index >= 15 is 0 Å². The van der Waals surface area contributed by atoms with Gasteiger partial charge in [-0.3, -0.25) is 0 Å². The molecule has 2 atom stereocenters. The maximum absolute atomic E-state index is 2.33. The lowest BCUT2D eigenvalue weighted by Crippen LogP contribution is -1.81. The molecule has 0 heteroatoms. The molecule has 2 rings (SSSR count). The van der Waals surface area contributed by atoms with Gasteiger partial charge in [-0.15, -0.1) is 0 Å². The van der Waals surface area contributed by atoms with E-state index in [1.165, 1.54) is 17.5 Å². The molecule has 0 unspecified atom stereocenters. The summed E-state index contributed by atoms with van der Waals surface area (Å²) in [6.45, 7) is 4.49. The second-order valence-corrected chi connectivity index (χ2v) is 3.73. The molecule has 0 aliphatic heterocycles. The van der Waals surface area contributed by atoms with Gasteiger partial charge < -0.3 is 0 Å². The van der Waals surface area contributed by atoms with Gasteiger partial charge >= 0.3 is 0 Å².